The normalized spacial score (nSPS) is 14.2. The van der Waals surface area contributed by atoms with E-state index in [0.29, 0.717) is 0 Å². The van der Waals surface area contributed by atoms with Crippen molar-refractivity contribution in [1.29, 1.82) is 0 Å². The van der Waals surface area contributed by atoms with E-state index in [0.717, 1.165) is 16.9 Å². The molecule has 2 aromatic rings. The molecular weight excluding hydrogens is 217 g/mol. The number of hydrogen-bond donors (Lipinski definition) is 1. The van der Waals surface area contributed by atoms with Crippen molar-refractivity contribution >= 4 is 11.0 Å². The van der Waals surface area contributed by atoms with Gasteiger partial charge in [-0.2, -0.15) is 0 Å². The predicted molar refractivity (Wildman–Crippen MR) is 67.1 cm³/mol. The van der Waals surface area contributed by atoms with Gasteiger partial charge in [-0.05, 0) is 23.6 Å². The second kappa shape index (κ2) is 3.81. The average Bonchev–Trinajstić information content (AvgIpc) is 2.54. The van der Waals surface area contributed by atoms with Crippen LogP contribution in [-0.2, 0) is 7.05 Å². The molecule has 1 unspecified atom stereocenters. The first-order valence-corrected chi connectivity index (χ1v) is 5.68. The third-order valence-corrected chi connectivity index (χ3v) is 3.09. The highest BCUT2D eigenvalue weighted by Crippen LogP contribution is 2.31. The minimum atomic E-state index is -0.253. The van der Waals surface area contributed by atoms with Crippen molar-refractivity contribution < 1.29 is 4.39 Å². The lowest BCUT2D eigenvalue weighted by Crippen LogP contribution is -2.28. The fourth-order valence-corrected chi connectivity index (χ4v) is 1.85. The lowest BCUT2D eigenvalue weighted by Gasteiger charge is -2.26. The molecule has 0 aliphatic heterocycles. The van der Waals surface area contributed by atoms with Crippen molar-refractivity contribution in [3.05, 3.63) is 29.8 Å². The number of hydrogen-bond acceptors (Lipinski definition) is 2. The molecule has 0 aliphatic carbocycles. The van der Waals surface area contributed by atoms with Crippen molar-refractivity contribution in [2.75, 3.05) is 0 Å². The summed E-state index contributed by atoms with van der Waals surface area (Å²) < 4.78 is 15.1. The van der Waals surface area contributed by atoms with Gasteiger partial charge >= 0.3 is 0 Å². The summed E-state index contributed by atoms with van der Waals surface area (Å²) in [6.45, 7) is 6.20. The van der Waals surface area contributed by atoms with Crippen LogP contribution in [0, 0.1) is 11.2 Å². The number of rotatable bonds is 1. The maximum atomic E-state index is 13.2. The zero-order valence-corrected chi connectivity index (χ0v) is 10.7. The van der Waals surface area contributed by atoms with Gasteiger partial charge in [0.15, 0.2) is 0 Å². The van der Waals surface area contributed by atoms with Crippen molar-refractivity contribution in [1.82, 2.24) is 9.55 Å². The van der Waals surface area contributed by atoms with Gasteiger partial charge < -0.3 is 10.3 Å². The van der Waals surface area contributed by atoms with Gasteiger partial charge in [0.1, 0.15) is 11.6 Å². The number of benzene rings is 1. The molecule has 2 N–H and O–H groups in total. The summed E-state index contributed by atoms with van der Waals surface area (Å²) in [4.78, 5) is 4.49. The van der Waals surface area contributed by atoms with Gasteiger partial charge in [0.05, 0.1) is 17.1 Å². The zero-order chi connectivity index (χ0) is 12.8. The third-order valence-electron chi connectivity index (χ3n) is 3.09. The Morgan fingerprint density at radius 1 is 1.35 bits per heavy atom. The van der Waals surface area contributed by atoms with Gasteiger partial charge in [-0.3, -0.25) is 0 Å². The maximum absolute atomic E-state index is 13.2. The molecule has 0 saturated carbocycles. The number of fused-ring (bicyclic) bond motifs is 1. The average molecular weight is 235 g/mol. The van der Waals surface area contributed by atoms with Crippen LogP contribution in [0.4, 0.5) is 4.39 Å². The molecule has 0 saturated heterocycles. The molecule has 1 heterocycles. The van der Waals surface area contributed by atoms with E-state index in [1.54, 1.807) is 6.07 Å². The van der Waals surface area contributed by atoms with E-state index in [4.69, 9.17) is 5.73 Å². The van der Waals surface area contributed by atoms with Gasteiger partial charge in [0.2, 0.25) is 0 Å². The molecule has 0 aliphatic rings. The molecular formula is C13H18FN3. The third kappa shape index (κ3) is 2.05. The number of aromatic nitrogens is 2. The fourth-order valence-electron chi connectivity index (χ4n) is 1.85. The minimum Gasteiger partial charge on any atom is -0.330 e. The number of aryl methyl sites for hydroxylation is 1. The first kappa shape index (κ1) is 12.0. The molecule has 0 spiro atoms. The highest BCUT2D eigenvalue weighted by atomic mass is 19.1. The Balaban J connectivity index is 2.60. The monoisotopic (exact) mass is 235 g/mol. The summed E-state index contributed by atoms with van der Waals surface area (Å²) in [5, 5.41) is 0. The SMILES string of the molecule is Cn1c(C(N)C(C)(C)C)nc2ccc(F)cc21. The number of nitrogens with zero attached hydrogens (tertiary/aromatic N) is 2. The highest BCUT2D eigenvalue weighted by Gasteiger charge is 2.26. The lowest BCUT2D eigenvalue weighted by atomic mass is 9.87. The standard InChI is InChI=1S/C13H18FN3/c1-13(2,3)11(15)12-16-9-6-5-8(14)7-10(9)17(12)4/h5-7,11H,15H2,1-4H3. The van der Waals surface area contributed by atoms with Crippen LogP contribution < -0.4 is 5.73 Å². The van der Waals surface area contributed by atoms with Crippen LogP contribution in [-0.4, -0.2) is 9.55 Å². The van der Waals surface area contributed by atoms with Crippen LogP contribution in [0.2, 0.25) is 0 Å². The topological polar surface area (TPSA) is 43.8 Å². The molecule has 92 valence electrons. The predicted octanol–water partition coefficient (Wildman–Crippen LogP) is 2.76. The zero-order valence-electron chi connectivity index (χ0n) is 10.7. The quantitative estimate of drug-likeness (QED) is 0.826. The Hall–Kier alpha value is -1.42. The molecule has 4 heteroatoms. The lowest BCUT2D eigenvalue weighted by molar-refractivity contribution is 0.311. The van der Waals surface area contributed by atoms with Gasteiger partial charge in [-0.1, -0.05) is 20.8 Å². The number of imidazole rings is 1. The van der Waals surface area contributed by atoms with Crippen molar-refractivity contribution in [3.8, 4) is 0 Å². The molecule has 1 aromatic heterocycles. The summed E-state index contributed by atoms with van der Waals surface area (Å²) >= 11 is 0. The largest absolute Gasteiger partial charge is 0.330 e. The van der Waals surface area contributed by atoms with E-state index >= 15 is 0 Å². The van der Waals surface area contributed by atoms with Gasteiger partial charge in [0.25, 0.3) is 0 Å². The van der Waals surface area contributed by atoms with E-state index < -0.39 is 0 Å². The Kier molecular flexibility index (Phi) is 2.70. The van der Waals surface area contributed by atoms with E-state index in [1.165, 1.54) is 12.1 Å². The van der Waals surface area contributed by atoms with E-state index in [1.807, 2.05) is 11.6 Å². The Bertz CT molecular complexity index is 552. The summed E-state index contributed by atoms with van der Waals surface area (Å²) in [6, 6.07) is 4.41. The van der Waals surface area contributed by atoms with E-state index in [9.17, 15) is 4.39 Å². The van der Waals surface area contributed by atoms with E-state index in [2.05, 4.69) is 25.8 Å². The molecule has 1 aromatic carbocycles. The van der Waals surface area contributed by atoms with Crippen LogP contribution in [0.1, 0.15) is 32.6 Å². The molecule has 3 nitrogen and oxygen atoms in total. The summed E-state index contributed by atoms with van der Waals surface area (Å²) in [7, 11) is 1.87. The maximum Gasteiger partial charge on any atom is 0.127 e. The summed E-state index contributed by atoms with van der Waals surface area (Å²) in [6.07, 6.45) is 0. The van der Waals surface area contributed by atoms with Gasteiger partial charge in [0, 0.05) is 7.05 Å². The minimum absolute atomic E-state index is 0.0757. The number of halogens is 1. The first-order valence-electron chi connectivity index (χ1n) is 5.68. The van der Waals surface area contributed by atoms with Gasteiger partial charge in [-0.25, -0.2) is 9.37 Å². The molecule has 2 rings (SSSR count). The molecule has 1 atom stereocenters. The molecule has 17 heavy (non-hydrogen) atoms. The Morgan fingerprint density at radius 2 is 2.00 bits per heavy atom. The highest BCUT2D eigenvalue weighted by molar-refractivity contribution is 5.76. The van der Waals surface area contributed by atoms with Crippen molar-refractivity contribution in [2.24, 2.45) is 18.2 Å². The summed E-state index contributed by atoms with van der Waals surface area (Å²) in [5.41, 5.74) is 7.68. The van der Waals surface area contributed by atoms with Crippen molar-refractivity contribution in [2.45, 2.75) is 26.8 Å². The second-order valence-corrected chi connectivity index (χ2v) is 5.51. The van der Waals surface area contributed by atoms with Crippen LogP contribution in [0.25, 0.3) is 11.0 Å². The van der Waals surface area contributed by atoms with Crippen LogP contribution in [0.3, 0.4) is 0 Å². The Labute approximate surface area is 100 Å². The fraction of sp³-hybridized carbons (Fsp3) is 0.462. The Morgan fingerprint density at radius 3 is 2.59 bits per heavy atom. The molecule has 0 radical (unpaired) electrons. The molecule has 0 bridgehead atoms. The van der Waals surface area contributed by atoms with Crippen molar-refractivity contribution in [3.63, 3.8) is 0 Å². The second-order valence-electron chi connectivity index (χ2n) is 5.51. The molecule has 0 amide bonds. The van der Waals surface area contributed by atoms with Crippen LogP contribution in [0.5, 0.6) is 0 Å². The smallest absolute Gasteiger partial charge is 0.127 e. The van der Waals surface area contributed by atoms with Crippen LogP contribution in [0.15, 0.2) is 18.2 Å². The van der Waals surface area contributed by atoms with E-state index in [-0.39, 0.29) is 17.3 Å². The molecule has 0 fully saturated rings. The first-order chi connectivity index (χ1) is 7.80. The number of nitrogens with two attached hydrogens (primary N) is 1. The summed E-state index contributed by atoms with van der Waals surface area (Å²) in [5.74, 6) is 0.537. The van der Waals surface area contributed by atoms with Crippen LogP contribution >= 0.6 is 0 Å². The van der Waals surface area contributed by atoms with Gasteiger partial charge in [-0.15, -0.1) is 0 Å².